The molecule has 1 N–H and O–H groups in total. The Bertz CT molecular complexity index is 1160. The molecule has 150 valence electrons. The molecule has 0 bridgehead atoms. The molecule has 0 radical (unpaired) electrons. The number of amides is 2. The van der Waals surface area contributed by atoms with E-state index in [-0.39, 0.29) is 10.9 Å². The van der Waals surface area contributed by atoms with Crippen molar-refractivity contribution in [1.82, 2.24) is 10.4 Å². The minimum Gasteiger partial charge on any atom is -0.463 e. The number of benzene rings is 2. The van der Waals surface area contributed by atoms with Crippen molar-refractivity contribution in [1.29, 1.82) is 0 Å². The number of fused-ring (bicyclic) bond motifs is 1. The van der Waals surface area contributed by atoms with Gasteiger partial charge in [0.1, 0.15) is 17.4 Å². The highest BCUT2D eigenvalue weighted by molar-refractivity contribution is 6.31. The molecule has 0 aliphatic heterocycles. The number of aryl methyl sites for hydroxylation is 1. The standard InChI is InChI=1S/C22H21ClN2O4/c1-13-7-5-6-8-15(13)20(27)24-25(22(2,3)4)21(28)17-12-29-18-10-9-14(23)11-16(18)19(17)26/h5-12H,1-4H3,(H,24,27). The predicted octanol–water partition coefficient (Wildman–Crippen LogP) is 4.34. The van der Waals surface area contributed by atoms with Crippen LogP contribution in [0.4, 0.5) is 0 Å². The molecule has 2 aromatic carbocycles. The summed E-state index contributed by atoms with van der Waals surface area (Å²) in [5, 5.41) is 1.70. The third kappa shape index (κ3) is 4.17. The van der Waals surface area contributed by atoms with Crippen molar-refractivity contribution in [2.75, 3.05) is 0 Å². The van der Waals surface area contributed by atoms with Gasteiger partial charge in [-0.2, -0.15) is 0 Å². The molecule has 0 saturated carbocycles. The summed E-state index contributed by atoms with van der Waals surface area (Å²) >= 11 is 5.98. The number of nitrogens with zero attached hydrogens (tertiary/aromatic N) is 1. The molecule has 0 spiro atoms. The van der Waals surface area contributed by atoms with E-state index in [2.05, 4.69) is 5.43 Å². The summed E-state index contributed by atoms with van der Waals surface area (Å²) < 4.78 is 5.45. The van der Waals surface area contributed by atoms with Gasteiger partial charge in [-0.3, -0.25) is 19.8 Å². The summed E-state index contributed by atoms with van der Waals surface area (Å²) in [7, 11) is 0. The van der Waals surface area contributed by atoms with Crippen LogP contribution in [0.1, 0.15) is 47.1 Å². The van der Waals surface area contributed by atoms with E-state index in [1.165, 1.54) is 6.07 Å². The second-order valence-electron chi connectivity index (χ2n) is 7.69. The highest BCUT2D eigenvalue weighted by Crippen LogP contribution is 2.20. The number of nitrogens with one attached hydrogen (secondary N) is 1. The Morgan fingerprint density at radius 2 is 1.76 bits per heavy atom. The zero-order valence-corrected chi connectivity index (χ0v) is 17.3. The molecule has 3 rings (SSSR count). The van der Waals surface area contributed by atoms with E-state index in [4.69, 9.17) is 16.0 Å². The molecule has 0 unspecified atom stereocenters. The Morgan fingerprint density at radius 3 is 2.41 bits per heavy atom. The van der Waals surface area contributed by atoms with Crippen molar-refractivity contribution in [2.24, 2.45) is 0 Å². The number of hydrogen-bond donors (Lipinski definition) is 1. The van der Waals surface area contributed by atoms with Crippen LogP contribution in [0.25, 0.3) is 11.0 Å². The van der Waals surface area contributed by atoms with E-state index >= 15 is 0 Å². The monoisotopic (exact) mass is 412 g/mol. The maximum atomic E-state index is 13.2. The average molecular weight is 413 g/mol. The van der Waals surface area contributed by atoms with Gasteiger partial charge < -0.3 is 4.42 Å². The first kappa shape index (κ1) is 20.6. The smallest absolute Gasteiger partial charge is 0.279 e. The van der Waals surface area contributed by atoms with Crippen LogP contribution in [0, 0.1) is 6.92 Å². The Morgan fingerprint density at radius 1 is 1.07 bits per heavy atom. The molecular weight excluding hydrogens is 392 g/mol. The lowest BCUT2D eigenvalue weighted by Gasteiger charge is -2.35. The molecule has 29 heavy (non-hydrogen) atoms. The van der Waals surface area contributed by atoms with Crippen LogP contribution in [0.15, 0.2) is 57.9 Å². The Balaban J connectivity index is 2.02. The maximum Gasteiger partial charge on any atom is 0.279 e. The zero-order valence-electron chi connectivity index (χ0n) is 16.6. The fourth-order valence-corrected chi connectivity index (χ4v) is 3.06. The number of carbonyl (C=O) groups is 2. The normalized spacial score (nSPS) is 11.3. The van der Waals surface area contributed by atoms with Crippen LogP contribution < -0.4 is 10.9 Å². The third-order valence-corrected chi connectivity index (χ3v) is 4.68. The van der Waals surface area contributed by atoms with Crippen LogP contribution in [0.2, 0.25) is 5.02 Å². The first-order valence-corrected chi connectivity index (χ1v) is 9.39. The topological polar surface area (TPSA) is 79.6 Å². The van der Waals surface area contributed by atoms with Crippen molar-refractivity contribution in [3.05, 3.63) is 80.7 Å². The molecule has 0 fully saturated rings. The second kappa shape index (κ2) is 7.72. The Kier molecular flexibility index (Phi) is 5.48. The van der Waals surface area contributed by atoms with Crippen molar-refractivity contribution in [3.8, 4) is 0 Å². The summed E-state index contributed by atoms with van der Waals surface area (Å²) in [5.41, 5.74) is 2.65. The maximum absolute atomic E-state index is 13.2. The van der Waals surface area contributed by atoms with Gasteiger partial charge in [0, 0.05) is 10.6 Å². The highest BCUT2D eigenvalue weighted by Gasteiger charge is 2.32. The summed E-state index contributed by atoms with van der Waals surface area (Å²) in [4.78, 5) is 38.9. The van der Waals surface area contributed by atoms with Crippen LogP contribution in [-0.4, -0.2) is 22.4 Å². The van der Waals surface area contributed by atoms with Gasteiger partial charge >= 0.3 is 0 Å². The molecule has 0 atom stereocenters. The number of rotatable bonds is 2. The van der Waals surface area contributed by atoms with Gasteiger partial charge in [-0.15, -0.1) is 0 Å². The van der Waals surface area contributed by atoms with Crippen molar-refractivity contribution in [2.45, 2.75) is 33.2 Å². The Hall–Kier alpha value is -3.12. The van der Waals surface area contributed by atoms with Crippen LogP contribution in [0.3, 0.4) is 0 Å². The zero-order chi connectivity index (χ0) is 21.3. The van der Waals surface area contributed by atoms with Gasteiger partial charge in [-0.05, 0) is 57.5 Å². The lowest BCUT2D eigenvalue weighted by molar-refractivity contribution is 0.0355. The molecule has 0 saturated heterocycles. The number of hydrazine groups is 1. The fourth-order valence-electron chi connectivity index (χ4n) is 2.88. The molecular formula is C22H21ClN2O4. The highest BCUT2D eigenvalue weighted by atomic mass is 35.5. The average Bonchev–Trinajstić information content (AvgIpc) is 2.65. The molecule has 2 amide bonds. The summed E-state index contributed by atoms with van der Waals surface area (Å²) in [6.07, 6.45) is 1.11. The van der Waals surface area contributed by atoms with E-state index in [9.17, 15) is 14.4 Å². The van der Waals surface area contributed by atoms with Gasteiger partial charge in [-0.25, -0.2) is 5.01 Å². The summed E-state index contributed by atoms with van der Waals surface area (Å²) in [6, 6.07) is 11.7. The van der Waals surface area contributed by atoms with Crippen molar-refractivity contribution >= 4 is 34.4 Å². The molecule has 6 nitrogen and oxygen atoms in total. The SMILES string of the molecule is Cc1ccccc1C(=O)NN(C(=O)c1coc2ccc(Cl)cc2c1=O)C(C)(C)C. The Labute approximate surface area is 173 Å². The minimum atomic E-state index is -0.800. The van der Waals surface area contributed by atoms with Gasteiger partial charge in [0.25, 0.3) is 11.8 Å². The van der Waals surface area contributed by atoms with Gasteiger partial charge in [-0.1, -0.05) is 29.8 Å². The third-order valence-electron chi connectivity index (χ3n) is 4.44. The molecule has 3 aromatic rings. The minimum absolute atomic E-state index is 0.195. The first-order chi connectivity index (χ1) is 13.6. The van der Waals surface area contributed by atoms with E-state index in [1.807, 2.05) is 6.07 Å². The second-order valence-corrected chi connectivity index (χ2v) is 8.12. The van der Waals surface area contributed by atoms with Crippen LogP contribution >= 0.6 is 11.6 Å². The van der Waals surface area contributed by atoms with E-state index in [1.54, 1.807) is 58.0 Å². The number of halogens is 1. The predicted molar refractivity (Wildman–Crippen MR) is 112 cm³/mol. The van der Waals surface area contributed by atoms with Gasteiger partial charge in [0.05, 0.1) is 10.9 Å². The van der Waals surface area contributed by atoms with Crippen LogP contribution in [0.5, 0.6) is 0 Å². The fraction of sp³-hybridized carbons (Fsp3) is 0.227. The van der Waals surface area contributed by atoms with Crippen molar-refractivity contribution < 1.29 is 14.0 Å². The molecule has 1 aromatic heterocycles. The van der Waals surface area contributed by atoms with Crippen molar-refractivity contribution in [3.63, 3.8) is 0 Å². The lowest BCUT2D eigenvalue weighted by Crippen LogP contribution is -2.56. The summed E-state index contributed by atoms with van der Waals surface area (Å²) in [5.74, 6) is -1.12. The van der Waals surface area contributed by atoms with Crippen LogP contribution in [-0.2, 0) is 0 Å². The molecule has 1 heterocycles. The lowest BCUT2D eigenvalue weighted by atomic mass is 10.1. The quantitative estimate of drug-likeness (QED) is 0.635. The largest absolute Gasteiger partial charge is 0.463 e. The number of carbonyl (C=O) groups excluding carboxylic acids is 2. The van der Waals surface area contributed by atoms with E-state index in [0.29, 0.717) is 16.2 Å². The summed E-state index contributed by atoms with van der Waals surface area (Å²) in [6.45, 7) is 7.06. The van der Waals surface area contributed by atoms with E-state index < -0.39 is 22.8 Å². The first-order valence-electron chi connectivity index (χ1n) is 9.02. The van der Waals surface area contributed by atoms with Gasteiger partial charge in [0.15, 0.2) is 0 Å². The molecule has 0 aliphatic rings. The molecule has 0 aliphatic carbocycles. The molecule has 7 heteroatoms. The van der Waals surface area contributed by atoms with Gasteiger partial charge in [0.2, 0.25) is 5.43 Å². The number of hydrogen-bond acceptors (Lipinski definition) is 4. The van der Waals surface area contributed by atoms with E-state index in [0.717, 1.165) is 16.8 Å².